The smallest absolute Gasteiger partial charge is 0.266 e. The van der Waals surface area contributed by atoms with Crippen LogP contribution in [0.1, 0.15) is 12.0 Å². The molecule has 0 unspecified atom stereocenters. The van der Waals surface area contributed by atoms with E-state index in [4.69, 9.17) is 21.7 Å². The molecule has 0 aliphatic carbocycles. The van der Waals surface area contributed by atoms with Crippen LogP contribution in [0.15, 0.2) is 23.1 Å². The number of aliphatic carboxylic acids is 2. The first-order valence-corrected chi connectivity index (χ1v) is 8.40. The first kappa shape index (κ1) is 19.7. The Kier molecular flexibility index (Phi) is 6.22. The molecule has 1 heterocycles. The summed E-state index contributed by atoms with van der Waals surface area (Å²) in [5.41, 5.74) is 0.511. The second-order valence-corrected chi connectivity index (χ2v) is 6.75. The van der Waals surface area contributed by atoms with Crippen molar-refractivity contribution in [2.24, 2.45) is 0 Å². The van der Waals surface area contributed by atoms with Gasteiger partial charge in [0.15, 0.2) is 0 Å². The second-order valence-electron chi connectivity index (χ2n) is 5.07. The van der Waals surface area contributed by atoms with Crippen molar-refractivity contribution in [1.29, 1.82) is 0 Å². The van der Waals surface area contributed by atoms with Crippen molar-refractivity contribution in [2.75, 3.05) is 14.2 Å². The monoisotopic (exact) mass is 395 g/mol. The maximum Gasteiger partial charge on any atom is 0.266 e. The lowest BCUT2D eigenvalue weighted by atomic mass is 10.1. The van der Waals surface area contributed by atoms with Crippen LogP contribution in [0.4, 0.5) is 0 Å². The van der Waals surface area contributed by atoms with Crippen LogP contribution in [0.5, 0.6) is 11.5 Å². The number of benzene rings is 1. The van der Waals surface area contributed by atoms with Crippen LogP contribution in [0, 0.1) is 0 Å². The number of carbonyl (C=O) groups is 3. The molecule has 1 saturated heterocycles. The Morgan fingerprint density at radius 3 is 2.54 bits per heavy atom. The molecule has 1 amide bonds. The molecule has 26 heavy (non-hydrogen) atoms. The van der Waals surface area contributed by atoms with Gasteiger partial charge in [-0.25, -0.2) is 0 Å². The van der Waals surface area contributed by atoms with Crippen LogP contribution in [0.25, 0.3) is 6.08 Å². The Labute approximate surface area is 158 Å². The van der Waals surface area contributed by atoms with Gasteiger partial charge in [-0.05, 0) is 24.3 Å². The van der Waals surface area contributed by atoms with Crippen LogP contribution in [0.3, 0.4) is 0 Å². The van der Waals surface area contributed by atoms with Crippen molar-refractivity contribution in [1.82, 2.24) is 4.90 Å². The van der Waals surface area contributed by atoms with Gasteiger partial charge in [0.25, 0.3) is 5.91 Å². The minimum atomic E-state index is -1.74. The zero-order chi connectivity index (χ0) is 19.4. The van der Waals surface area contributed by atoms with Crippen molar-refractivity contribution >= 4 is 52.2 Å². The first-order chi connectivity index (χ1) is 12.3. The number of thioether (sulfide) groups is 1. The van der Waals surface area contributed by atoms with Gasteiger partial charge in [0.05, 0.1) is 31.1 Å². The number of carbonyl (C=O) groups excluding carboxylic acids is 3. The van der Waals surface area contributed by atoms with Crippen molar-refractivity contribution in [3.63, 3.8) is 0 Å². The van der Waals surface area contributed by atoms with E-state index >= 15 is 0 Å². The summed E-state index contributed by atoms with van der Waals surface area (Å²) in [7, 11) is 2.94. The van der Waals surface area contributed by atoms with Crippen LogP contribution < -0.4 is 19.7 Å². The lowest BCUT2D eigenvalue weighted by molar-refractivity contribution is -0.319. The number of carboxylic acids is 2. The zero-order valence-corrected chi connectivity index (χ0v) is 15.3. The third-order valence-corrected chi connectivity index (χ3v) is 4.82. The van der Waals surface area contributed by atoms with E-state index in [1.807, 2.05) is 0 Å². The second kappa shape index (κ2) is 8.19. The highest BCUT2D eigenvalue weighted by Crippen LogP contribution is 2.36. The van der Waals surface area contributed by atoms with E-state index in [0.717, 1.165) is 11.8 Å². The summed E-state index contributed by atoms with van der Waals surface area (Å²) in [4.78, 5) is 35.4. The average Bonchev–Trinajstić information content (AvgIpc) is 2.86. The van der Waals surface area contributed by atoms with Gasteiger partial charge in [-0.3, -0.25) is 9.69 Å². The van der Waals surface area contributed by atoms with E-state index in [1.54, 1.807) is 18.2 Å². The normalized spacial score (nSPS) is 16.7. The standard InChI is InChI=1S/C16H15NO7S2/c1-23-9-3-4-11(24-2)8(5-9)6-12-14(20)17(16(25)26-12)10(15(21)22)7-13(18)19/h3-6,10H,7H2,1-2H3,(H,18,19)(H,21,22)/p-2/b12-6+/t10-/m0/s1. The van der Waals surface area contributed by atoms with Gasteiger partial charge in [0, 0.05) is 18.0 Å². The highest BCUT2D eigenvalue weighted by molar-refractivity contribution is 8.26. The molecule has 10 heteroatoms. The maximum atomic E-state index is 12.6. The van der Waals surface area contributed by atoms with Gasteiger partial charge in [-0.1, -0.05) is 24.0 Å². The predicted molar refractivity (Wildman–Crippen MR) is 93.0 cm³/mol. The van der Waals surface area contributed by atoms with E-state index in [2.05, 4.69) is 0 Å². The number of methoxy groups -OCH3 is 2. The molecule has 1 fully saturated rings. The Morgan fingerprint density at radius 2 is 2.00 bits per heavy atom. The molecular weight excluding hydrogens is 382 g/mol. The molecule has 0 N–H and O–H groups in total. The van der Waals surface area contributed by atoms with E-state index in [1.165, 1.54) is 20.3 Å². The molecule has 8 nitrogen and oxygen atoms in total. The van der Waals surface area contributed by atoms with Gasteiger partial charge in [0.1, 0.15) is 15.8 Å². The summed E-state index contributed by atoms with van der Waals surface area (Å²) in [6, 6.07) is 3.20. The summed E-state index contributed by atoms with van der Waals surface area (Å²) in [5, 5.41) is 22.0. The number of rotatable bonds is 7. The highest BCUT2D eigenvalue weighted by Gasteiger charge is 2.38. The van der Waals surface area contributed by atoms with E-state index in [0.29, 0.717) is 22.0 Å². The zero-order valence-electron chi connectivity index (χ0n) is 13.7. The molecule has 0 radical (unpaired) electrons. The fraction of sp³-hybridized carbons (Fsp3) is 0.250. The Bertz CT molecular complexity index is 806. The number of hydrogen-bond acceptors (Lipinski definition) is 9. The minimum absolute atomic E-state index is 0.0847. The number of hydrogen-bond donors (Lipinski definition) is 0. The molecule has 1 aliphatic heterocycles. The molecule has 1 aromatic rings. The van der Waals surface area contributed by atoms with Crippen molar-refractivity contribution < 1.29 is 34.1 Å². The van der Waals surface area contributed by atoms with Crippen LogP contribution in [-0.2, 0) is 14.4 Å². The molecule has 1 atom stereocenters. The third kappa shape index (κ3) is 4.14. The summed E-state index contributed by atoms with van der Waals surface area (Å²) >= 11 is 5.89. The molecule has 0 aromatic heterocycles. The molecule has 0 spiro atoms. The third-order valence-electron chi connectivity index (χ3n) is 3.49. The van der Waals surface area contributed by atoms with Gasteiger partial charge in [-0.15, -0.1) is 0 Å². The van der Waals surface area contributed by atoms with Gasteiger partial charge < -0.3 is 29.3 Å². The Balaban J connectivity index is 2.40. The van der Waals surface area contributed by atoms with Crippen molar-refractivity contribution in [3.8, 4) is 11.5 Å². The summed E-state index contributed by atoms with van der Waals surface area (Å²) in [6.07, 6.45) is 0.538. The van der Waals surface area contributed by atoms with Crippen LogP contribution >= 0.6 is 24.0 Å². The Hall–Kier alpha value is -2.59. The molecule has 1 aromatic carbocycles. The summed E-state index contributed by atoms with van der Waals surface area (Å²) < 4.78 is 10.3. The largest absolute Gasteiger partial charge is 0.550 e. The molecule has 0 saturated carbocycles. The fourth-order valence-electron chi connectivity index (χ4n) is 2.28. The minimum Gasteiger partial charge on any atom is -0.550 e. The van der Waals surface area contributed by atoms with Crippen LogP contribution in [0.2, 0.25) is 0 Å². The molecular formula is C16H13NO7S2-2. The van der Waals surface area contributed by atoms with Gasteiger partial charge in [0.2, 0.25) is 0 Å². The van der Waals surface area contributed by atoms with E-state index < -0.39 is 30.3 Å². The first-order valence-electron chi connectivity index (χ1n) is 7.18. The number of thiocarbonyl (C=S) groups is 1. The van der Waals surface area contributed by atoms with Crippen molar-refractivity contribution in [2.45, 2.75) is 12.5 Å². The number of carboxylic acid groups (broad SMARTS) is 2. The fourth-order valence-corrected chi connectivity index (χ4v) is 3.63. The Morgan fingerprint density at radius 1 is 1.31 bits per heavy atom. The van der Waals surface area contributed by atoms with E-state index in [9.17, 15) is 24.6 Å². The molecule has 2 rings (SSSR count). The number of amides is 1. The van der Waals surface area contributed by atoms with Gasteiger partial charge >= 0.3 is 0 Å². The van der Waals surface area contributed by atoms with Crippen LogP contribution in [-0.4, -0.2) is 47.3 Å². The van der Waals surface area contributed by atoms with E-state index in [-0.39, 0.29) is 9.23 Å². The lowest BCUT2D eigenvalue weighted by Crippen LogP contribution is -2.52. The lowest BCUT2D eigenvalue weighted by Gasteiger charge is -2.27. The topological polar surface area (TPSA) is 119 Å². The maximum absolute atomic E-state index is 12.6. The quantitative estimate of drug-likeness (QED) is 0.430. The van der Waals surface area contributed by atoms with Crippen molar-refractivity contribution in [3.05, 3.63) is 28.7 Å². The predicted octanol–water partition coefficient (Wildman–Crippen LogP) is -0.837. The number of ether oxygens (including phenoxy) is 2. The molecule has 1 aliphatic rings. The molecule has 0 bridgehead atoms. The number of nitrogens with zero attached hydrogens (tertiary/aromatic N) is 1. The molecule has 138 valence electrons. The summed E-state index contributed by atoms with van der Waals surface area (Å²) in [5.74, 6) is -3.11. The SMILES string of the molecule is COc1ccc(OC)c(/C=C2/SC(=S)N([C@@H](CC(=O)[O-])C(=O)[O-])C2=O)c1. The summed E-state index contributed by atoms with van der Waals surface area (Å²) in [6.45, 7) is 0. The average molecular weight is 395 g/mol. The van der Waals surface area contributed by atoms with Gasteiger partial charge in [-0.2, -0.15) is 0 Å². The highest BCUT2D eigenvalue weighted by atomic mass is 32.2.